The molecule has 2 N–H and O–H groups in total. The molecular formula is C14H18N2O6S. The fourth-order valence-corrected chi connectivity index (χ4v) is 3.95. The number of ether oxygens (including phenoxy) is 2. The molecule has 2 aliphatic rings. The molecule has 0 aliphatic carbocycles. The van der Waals surface area contributed by atoms with Crippen molar-refractivity contribution in [2.45, 2.75) is 19.4 Å². The molecule has 1 saturated heterocycles. The molecule has 1 aromatic rings. The zero-order valence-corrected chi connectivity index (χ0v) is 13.2. The predicted molar refractivity (Wildman–Crippen MR) is 80.3 cm³/mol. The highest BCUT2D eigenvalue weighted by Gasteiger charge is 2.31. The topological polar surface area (TPSA) is 105 Å². The van der Waals surface area contributed by atoms with Gasteiger partial charge in [-0.05, 0) is 18.9 Å². The second-order valence-electron chi connectivity index (χ2n) is 5.49. The normalized spacial score (nSPS) is 19.0. The van der Waals surface area contributed by atoms with Crippen LogP contribution in [0.2, 0.25) is 0 Å². The summed E-state index contributed by atoms with van der Waals surface area (Å²) in [5, 5.41) is 8.96. The van der Waals surface area contributed by atoms with Crippen LogP contribution in [-0.2, 0) is 21.5 Å². The molecule has 126 valence electrons. The lowest BCUT2D eigenvalue weighted by molar-refractivity contribution is -0.142. The fraction of sp³-hybridized carbons (Fsp3) is 0.500. The summed E-state index contributed by atoms with van der Waals surface area (Å²) in [4.78, 5) is 10.9. The van der Waals surface area contributed by atoms with Gasteiger partial charge in [-0.1, -0.05) is 12.1 Å². The molecule has 0 spiro atoms. The predicted octanol–water partition coefficient (Wildman–Crippen LogP) is 0.546. The Kier molecular flexibility index (Phi) is 4.42. The zero-order valence-electron chi connectivity index (χ0n) is 12.4. The molecule has 1 aromatic carbocycles. The summed E-state index contributed by atoms with van der Waals surface area (Å²) in [5.74, 6) is -0.180. The van der Waals surface area contributed by atoms with Gasteiger partial charge in [0.15, 0.2) is 11.5 Å². The molecule has 3 rings (SSSR count). The molecule has 0 bridgehead atoms. The van der Waals surface area contributed by atoms with Crippen molar-refractivity contribution in [2.75, 3.05) is 19.9 Å². The molecule has 2 aliphatic heterocycles. The molecule has 0 atom stereocenters. The molecule has 0 amide bonds. The van der Waals surface area contributed by atoms with Crippen LogP contribution < -0.4 is 14.2 Å². The van der Waals surface area contributed by atoms with Crippen molar-refractivity contribution >= 4 is 16.2 Å². The van der Waals surface area contributed by atoms with Gasteiger partial charge in [-0.3, -0.25) is 4.79 Å². The van der Waals surface area contributed by atoms with E-state index in [2.05, 4.69) is 4.72 Å². The highest BCUT2D eigenvalue weighted by molar-refractivity contribution is 7.87. The summed E-state index contributed by atoms with van der Waals surface area (Å²) in [5.41, 5.74) is 0.698. The first-order valence-corrected chi connectivity index (χ1v) is 8.76. The Labute approximate surface area is 134 Å². The molecule has 2 heterocycles. The van der Waals surface area contributed by atoms with E-state index in [0.29, 0.717) is 29.9 Å². The van der Waals surface area contributed by atoms with Gasteiger partial charge in [0.2, 0.25) is 6.79 Å². The van der Waals surface area contributed by atoms with Crippen LogP contribution in [0.25, 0.3) is 0 Å². The van der Waals surface area contributed by atoms with E-state index >= 15 is 0 Å². The summed E-state index contributed by atoms with van der Waals surface area (Å²) >= 11 is 0. The van der Waals surface area contributed by atoms with Gasteiger partial charge in [-0.15, -0.1) is 0 Å². The Bertz CT molecular complexity index is 697. The SMILES string of the molecule is O=C(O)C1CCN(S(=O)(=O)NCc2cccc3c2OCO3)CC1. The first kappa shape index (κ1) is 16.0. The van der Waals surface area contributed by atoms with Crippen LogP contribution in [0.5, 0.6) is 11.5 Å². The Balaban J connectivity index is 1.62. The zero-order chi connectivity index (χ0) is 16.4. The number of benzene rings is 1. The molecule has 9 heteroatoms. The lowest BCUT2D eigenvalue weighted by Crippen LogP contribution is -2.45. The van der Waals surface area contributed by atoms with Crippen LogP contribution in [0, 0.1) is 5.92 Å². The molecule has 0 unspecified atom stereocenters. The van der Waals surface area contributed by atoms with Crippen molar-refractivity contribution in [3.05, 3.63) is 23.8 Å². The first-order valence-electron chi connectivity index (χ1n) is 7.32. The number of carboxylic acids is 1. The van der Waals surface area contributed by atoms with Crippen molar-refractivity contribution in [2.24, 2.45) is 5.92 Å². The van der Waals surface area contributed by atoms with Gasteiger partial charge in [0.25, 0.3) is 10.2 Å². The van der Waals surface area contributed by atoms with Gasteiger partial charge in [0.05, 0.1) is 5.92 Å². The van der Waals surface area contributed by atoms with Gasteiger partial charge in [0, 0.05) is 25.2 Å². The number of fused-ring (bicyclic) bond motifs is 1. The van der Waals surface area contributed by atoms with Crippen LogP contribution in [0.15, 0.2) is 18.2 Å². The molecule has 23 heavy (non-hydrogen) atoms. The molecule has 0 aromatic heterocycles. The first-order chi connectivity index (χ1) is 11.0. The van der Waals surface area contributed by atoms with Crippen molar-refractivity contribution in [1.29, 1.82) is 0 Å². The third kappa shape index (κ3) is 3.41. The number of carbonyl (C=O) groups is 1. The lowest BCUT2D eigenvalue weighted by Gasteiger charge is -2.29. The maximum atomic E-state index is 12.3. The average Bonchev–Trinajstić information content (AvgIpc) is 3.02. The number of piperidine rings is 1. The largest absolute Gasteiger partial charge is 0.481 e. The van der Waals surface area contributed by atoms with E-state index in [1.807, 2.05) is 0 Å². The third-order valence-electron chi connectivity index (χ3n) is 4.07. The Morgan fingerprint density at radius 3 is 2.74 bits per heavy atom. The minimum Gasteiger partial charge on any atom is -0.481 e. The molecule has 1 fully saturated rings. The summed E-state index contributed by atoms with van der Waals surface area (Å²) in [6, 6.07) is 5.30. The standard InChI is InChI=1S/C14H18N2O6S/c17-14(18)10-4-6-16(7-5-10)23(19,20)15-8-11-2-1-3-12-13(11)22-9-21-12/h1-3,10,15H,4-9H2,(H,17,18). The summed E-state index contributed by atoms with van der Waals surface area (Å²) < 4.78 is 39.1. The molecular weight excluding hydrogens is 324 g/mol. The molecule has 0 saturated carbocycles. The van der Waals surface area contributed by atoms with Gasteiger partial charge >= 0.3 is 5.97 Å². The van der Waals surface area contributed by atoms with E-state index in [0.717, 1.165) is 0 Å². The van der Waals surface area contributed by atoms with E-state index < -0.39 is 22.1 Å². The van der Waals surface area contributed by atoms with Crippen molar-refractivity contribution in [3.8, 4) is 11.5 Å². The van der Waals surface area contributed by atoms with E-state index in [9.17, 15) is 13.2 Å². The van der Waals surface area contributed by atoms with E-state index in [4.69, 9.17) is 14.6 Å². The Morgan fingerprint density at radius 1 is 1.30 bits per heavy atom. The summed E-state index contributed by atoms with van der Waals surface area (Å²) in [7, 11) is -3.65. The van der Waals surface area contributed by atoms with Crippen molar-refractivity contribution < 1.29 is 27.8 Å². The molecule has 8 nitrogen and oxygen atoms in total. The number of nitrogens with zero attached hydrogens (tertiary/aromatic N) is 1. The van der Waals surface area contributed by atoms with E-state index in [1.165, 1.54) is 4.31 Å². The third-order valence-corrected chi connectivity index (χ3v) is 5.62. The van der Waals surface area contributed by atoms with Crippen LogP contribution in [0.4, 0.5) is 0 Å². The summed E-state index contributed by atoms with van der Waals surface area (Å²) in [6.45, 7) is 0.632. The van der Waals surface area contributed by atoms with E-state index in [-0.39, 0.29) is 26.4 Å². The minimum absolute atomic E-state index is 0.0910. The fourth-order valence-electron chi connectivity index (χ4n) is 2.73. The van der Waals surface area contributed by atoms with Crippen molar-refractivity contribution in [1.82, 2.24) is 9.03 Å². The lowest BCUT2D eigenvalue weighted by atomic mass is 9.99. The number of hydrogen-bond donors (Lipinski definition) is 2. The van der Waals surface area contributed by atoms with Crippen LogP contribution >= 0.6 is 0 Å². The number of hydrogen-bond acceptors (Lipinski definition) is 5. The molecule has 0 radical (unpaired) electrons. The second kappa shape index (κ2) is 6.34. The number of aliphatic carboxylic acids is 1. The quantitative estimate of drug-likeness (QED) is 0.809. The maximum absolute atomic E-state index is 12.3. The Morgan fingerprint density at radius 2 is 2.04 bits per heavy atom. The van der Waals surface area contributed by atoms with E-state index in [1.54, 1.807) is 18.2 Å². The Hall–Kier alpha value is -1.84. The maximum Gasteiger partial charge on any atom is 0.306 e. The smallest absolute Gasteiger partial charge is 0.306 e. The van der Waals surface area contributed by atoms with Gasteiger partial charge in [0.1, 0.15) is 0 Å². The number of rotatable bonds is 5. The monoisotopic (exact) mass is 342 g/mol. The number of carboxylic acid groups (broad SMARTS) is 1. The van der Waals surface area contributed by atoms with Gasteiger partial charge in [-0.2, -0.15) is 17.4 Å². The number of nitrogens with one attached hydrogen (secondary N) is 1. The highest BCUT2D eigenvalue weighted by Crippen LogP contribution is 2.35. The summed E-state index contributed by atoms with van der Waals surface area (Å²) in [6.07, 6.45) is 0.655. The second-order valence-corrected chi connectivity index (χ2v) is 7.24. The highest BCUT2D eigenvalue weighted by atomic mass is 32.2. The van der Waals surface area contributed by atoms with Crippen LogP contribution in [0.3, 0.4) is 0 Å². The minimum atomic E-state index is -3.65. The van der Waals surface area contributed by atoms with Crippen LogP contribution in [0.1, 0.15) is 18.4 Å². The average molecular weight is 342 g/mol. The number of para-hydroxylation sites is 1. The van der Waals surface area contributed by atoms with Crippen molar-refractivity contribution in [3.63, 3.8) is 0 Å². The van der Waals surface area contributed by atoms with Crippen LogP contribution in [-0.4, -0.2) is 43.7 Å². The van der Waals surface area contributed by atoms with Gasteiger partial charge in [-0.25, -0.2) is 0 Å². The van der Waals surface area contributed by atoms with Gasteiger partial charge < -0.3 is 14.6 Å².